The number of pyridine rings is 1. The molecule has 0 unspecified atom stereocenters. The highest BCUT2D eigenvalue weighted by molar-refractivity contribution is 7.89. The molecule has 0 saturated heterocycles. The van der Waals surface area contributed by atoms with Crippen molar-refractivity contribution in [3.8, 4) is 11.1 Å². The molecular formula is C23H27N3O3S2. The van der Waals surface area contributed by atoms with Crippen LogP contribution in [0.15, 0.2) is 46.2 Å². The van der Waals surface area contributed by atoms with Crippen LogP contribution in [0.4, 0.5) is 0 Å². The van der Waals surface area contributed by atoms with Gasteiger partial charge in [0.15, 0.2) is 0 Å². The predicted octanol–water partition coefficient (Wildman–Crippen LogP) is 4.03. The van der Waals surface area contributed by atoms with E-state index in [2.05, 4.69) is 15.0 Å². The third-order valence-corrected chi connectivity index (χ3v) is 7.77. The Kier molecular flexibility index (Phi) is 7.25. The molecule has 2 heterocycles. The van der Waals surface area contributed by atoms with Crippen molar-refractivity contribution in [3.05, 3.63) is 69.2 Å². The SMILES string of the molecule is Cc1cc(C)c(C)c(S(=O)(=O)NCCC(=O)NCc2cncc(-c3ccsc3)c2)c1C. The number of rotatable bonds is 8. The minimum absolute atomic E-state index is 0.0350. The van der Waals surface area contributed by atoms with Gasteiger partial charge in [-0.25, -0.2) is 13.1 Å². The van der Waals surface area contributed by atoms with E-state index in [1.807, 2.05) is 42.8 Å². The van der Waals surface area contributed by atoms with Gasteiger partial charge < -0.3 is 5.32 Å². The first-order valence-corrected chi connectivity index (χ1v) is 12.4. The molecule has 0 atom stereocenters. The number of sulfonamides is 1. The monoisotopic (exact) mass is 457 g/mol. The lowest BCUT2D eigenvalue weighted by Crippen LogP contribution is -2.31. The summed E-state index contributed by atoms with van der Waals surface area (Å²) in [5, 5.41) is 6.88. The Balaban J connectivity index is 1.56. The van der Waals surface area contributed by atoms with Gasteiger partial charge in [-0.1, -0.05) is 6.07 Å². The molecule has 0 aliphatic rings. The number of benzene rings is 1. The Morgan fingerprint density at radius 3 is 2.39 bits per heavy atom. The third-order valence-electron chi connectivity index (χ3n) is 5.35. The second-order valence-electron chi connectivity index (χ2n) is 7.61. The Labute approximate surface area is 187 Å². The minimum Gasteiger partial charge on any atom is -0.352 e. The number of nitrogens with zero attached hydrogens (tertiary/aromatic N) is 1. The molecule has 3 aromatic rings. The first-order chi connectivity index (χ1) is 14.7. The van der Waals surface area contributed by atoms with E-state index in [1.54, 1.807) is 37.6 Å². The fraction of sp³-hybridized carbons (Fsp3) is 0.304. The molecule has 0 fully saturated rings. The first-order valence-electron chi connectivity index (χ1n) is 9.99. The Morgan fingerprint density at radius 2 is 1.74 bits per heavy atom. The van der Waals surface area contributed by atoms with Gasteiger partial charge in [0.2, 0.25) is 15.9 Å². The maximum Gasteiger partial charge on any atom is 0.241 e. The van der Waals surface area contributed by atoms with Gasteiger partial charge in [-0.05, 0) is 84.0 Å². The van der Waals surface area contributed by atoms with Crippen LogP contribution in [0.3, 0.4) is 0 Å². The van der Waals surface area contributed by atoms with Crippen LogP contribution in [0.5, 0.6) is 0 Å². The van der Waals surface area contributed by atoms with E-state index in [-0.39, 0.29) is 18.9 Å². The summed E-state index contributed by atoms with van der Waals surface area (Å²) in [6.07, 6.45) is 3.56. The van der Waals surface area contributed by atoms with Crippen LogP contribution in [-0.2, 0) is 21.4 Å². The lowest BCUT2D eigenvalue weighted by atomic mass is 10.0. The molecule has 0 radical (unpaired) electrons. The maximum absolute atomic E-state index is 12.8. The van der Waals surface area contributed by atoms with Crippen LogP contribution in [0.2, 0.25) is 0 Å². The molecule has 0 aliphatic heterocycles. The molecule has 1 aromatic carbocycles. The average Bonchev–Trinajstić information content (AvgIpc) is 3.26. The van der Waals surface area contributed by atoms with Crippen molar-refractivity contribution in [2.45, 2.75) is 45.6 Å². The molecule has 6 nitrogen and oxygen atoms in total. The molecule has 0 aliphatic carbocycles. The summed E-state index contributed by atoms with van der Waals surface area (Å²) >= 11 is 1.62. The summed E-state index contributed by atoms with van der Waals surface area (Å²) in [4.78, 5) is 16.8. The number of aryl methyl sites for hydroxylation is 2. The normalized spacial score (nSPS) is 11.5. The van der Waals surface area contributed by atoms with Gasteiger partial charge in [0.25, 0.3) is 0 Å². The summed E-state index contributed by atoms with van der Waals surface area (Å²) in [6.45, 7) is 7.79. The summed E-state index contributed by atoms with van der Waals surface area (Å²) in [5.74, 6) is -0.225. The van der Waals surface area contributed by atoms with Crippen molar-refractivity contribution >= 4 is 27.3 Å². The highest BCUT2D eigenvalue weighted by atomic mass is 32.2. The molecule has 1 amide bonds. The maximum atomic E-state index is 12.8. The summed E-state index contributed by atoms with van der Waals surface area (Å²) in [6, 6.07) is 6.00. The first kappa shape index (κ1) is 23.1. The van der Waals surface area contributed by atoms with Gasteiger partial charge in [-0.3, -0.25) is 9.78 Å². The Morgan fingerprint density at radius 1 is 1.03 bits per heavy atom. The third kappa shape index (κ3) is 5.58. The number of amides is 1. The number of thiophene rings is 1. The van der Waals surface area contributed by atoms with Gasteiger partial charge in [0, 0.05) is 37.5 Å². The van der Waals surface area contributed by atoms with Crippen LogP contribution in [-0.4, -0.2) is 25.9 Å². The van der Waals surface area contributed by atoms with Crippen molar-refractivity contribution in [2.24, 2.45) is 0 Å². The van der Waals surface area contributed by atoms with Gasteiger partial charge in [0.1, 0.15) is 0 Å². The van der Waals surface area contributed by atoms with Crippen LogP contribution >= 0.6 is 11.3 Å². The molecule has 0 spiro atoms. The fourth-order valence-electron chi connectivity index (χ4n) is 3.41. The fourth-order valence-corrected chi connectivity index (χ4v) is 5.72. The molecular weight excluding hydrogens is 430 g/mol. The average molecular weight is 458 g/mol. The zero-order valence-electron chi connectivity index (χ0n) is 18.2. The summed E-state index contributed by atoms with van der Waals surface area (Å²) < 4.78 is 28.2. The number of hydrogen-bond donors (Lipinski definition) is 2. The smallest absolute Gasteiger partial charge is 0.241 e. The van der Waals surface area contributed by atoms with Crippen molar-refractivity contribution in [3.63, 3.8) is 0 Å². The lowest BCUT2D eigenvalue weighted by Gasteiger charge is -2.16. The minimum atomic E-state index is -3.70. The quantitative estimate of drug-likeness (QED) is 0.535. The highest BCUT2D eigenvalue weighted by Crippen LogP contribution is 2.26. The lowest BCUT2D eigenvalue weighted by molar-refractivity contribution is -0.121. The molecule has 2 N–H and O–H groups in total. The zero-order chi connectivity index (χ0) is 22.6. The summed E-state index contributed by atoms with van der Waals surface area (Å²) in [7, 11) is -3.70. The van der Waals surface area contributed by atoms with Gasteiger partial charge >= 0.3 is 0 Å². The van der Waals surface area contributed by atoms with Crippen molar-refractivity contribution in [1.29, 1.82) is 0 Å². The molecule has 2 aromatic heterocycles. The van der Waals surface area contributed by atoms with Crippen molar-refractivity contribution in [1.82, 2.24) is 15.0 Å². The number of carbonyl (C=O) groups excluding carboxylic acids is 1. The molecule has 0 bridgehead atoms. The summed E-state index contributed by atoms with van der Waals surface area (Å²) in [5.41, 5.74) is 6.31. The van der Waals surface area contributed by atoms with Crippen molar-refractivity contribution in [2.75, 3.05) is 6.54 Å². The van der Waals surface area contributed by atoms with Crippen LogP contribution in [0.1, 0.15) is 34.2 Å². The largest absolute Gasteiger partial charge is 0.352 e. The van der Waals surface area contributed by atoms with E-state index in [4.69, 9.17) is 0 Å². The zero-order valence-corrected chi connectivity index (χ0v) is 19.8. The van der Waals surface area contributed by atoms with Crippen LogP contribution in [0.25, 0.3) is 11.1 Å². The van der Waals surface area contributed by atoms with Crippen LogP contribution in [0, 0.1) is 27.7 Å². The molecule has 8 heteroatoms. The number of hydrogen-bond acceptors (Lipinski definition) is 5. The molecule has 3 rings (SSSR count). The van der Waals surface area contributed by atoms with E-state index in [0.717, 1.165) is 38.9 Å². The van der Waals surface area contributed by atoms with Gasteiger partial charge in [0.05, 0.1) is 4.90 Å². The Bertz CT molecular complexity index is 1160. The van der Waals surface area contributed by atoms with E-state index < -0.39 is 10.0 Å². The topological polar surface area (TPSA) is 88.2 Å². The number of nitrogens with one attached hydrogen (secondary N) is 2. The molecule has 164 valence electrons. The number of aromatic nitrogens is 1. The second-order valence-corrected chi connectivity index (χ2v) is 10.1. The van der Waals surface area contributed by atoms with E-state index in [9.17, 15) is 13.2 Å². The standard InChI is InChI=1S/C23H27N3O3S2/c1-15-9-16(2)18(4)23(17(15)3)31(28,29)26-7-5-22(27)25-12-19-10-21(13-24-11-19)20-6-8-30-14-20/h6,8-11,13-14,26H,5,7,12H2,1-4H3,(H,25,27). The highest BCUT2D eigenvalue weighted by Gasteiger charge is 2.21. The van der Waals surface area contributed by atoms with E-state index >= 15 is 0 Å². The number of carbonyl (C=O) groups is 1. The van der Waals surface area contributed by atoms with E-state index in [1.165, 1.54) is 0 Å². The van der Waals surface area contributed by atoms with Gasteiger partial charge in [-0.2, -0.15) is 11.3 Å². The van der Waals surface area contributed by atoms with E-state index in [0.29, 0.717) is 11.4 Å². The predicted molar refractivity (Wildman–Crippen MR) is 125 cm³/mol. The second kappa shape index (κ2) is 9.72. The van der Waals surface area contributed by atoms with Crippen LogP contribution < -0.4 is 10.0 Å². The van der Waals surface area contributed by atoms with Crippen molar-refractivity contribution < 1.29 is 13.2 Å². The Hall–Kier alpha value is -2.55. The molecule has 0 saturated carbocycles. The van der Waals surface area contributed by atoms with Gasteiger partial charge in [-0.15, -0.1) is 0 Å². The molecule has 31 heavy (non-hydrogen) atoms.